The molecule has 0 aliphatic rings. The second-order valence-corrected chi connectivity index (χ2v) is 7.69. The van der Waals surface area contributed by atoms with Crippen molar-refractivity contribution in [2.75, 3.05) is 34.5 Å². The zero-order chi connectivity index (χ0) is 22.1. The molecule has 3 N–H and O–H groups in total. The Labute approximate surface area is 174 Å². The van der Waals surface area contributed by atoms with Crippen molar-refractivity contribution < 1.29 is 32.2 Å². The first-order valence-corrected chi connectivity index (χ1v) is 10.2. The lowest BCUT2D eigenvalue weighted by Gasteiger charge is -2.11. The van der Waals surface area contributed by atoms with Gasteiger partial charge in [-0.1, -0.05) is 0 Å². The maximum absolute atomic E-state index is 12.3. The van der Waals surface area contributed by atoms with Gasteiger partial charge in [-0.25, -0.2) is 13.1 Å². The number of hydrazine groups is 1. The maximum Gasteiger partial charge on any atom is 0.269 e. The second-order valence-electron chi connectivity index (χ2n) is 5.92. The van der Waals surface area contributed by atoms with Crippen LogP contribution >= 0.6 is 0 Å². The van der Waals surface area contributed by atoms with Crippen molar-refractivity contribution in [3.05, 3.63) is 53.6 Å². The molecule has 2 aromatic carbocycles. The minimum atomic E-state index is -3.71. The van der Waals surface area contributed by atoms with Crippen LogP contribution in [0.3, 0.4) is 0 Å². The summed E-state index contributed by atoms with van der Waals surface area (Å²) in [5.74, 6) is -0.361. The van der Waals surface area contributed by atoms with E-state index in [4.69, 9.17) is 14.2 Å². The van der Waals surface area contributed by atoms with Crippen LogP contribution < -0.4 is 25.0 Å². The van der Waals surface area contributed by atoms with Crippen LogP contribution in [0, 0.1) is 0 Å². The van der Waals surface area contributed by atoms with E-state index in [-0.39, 0.29) is 29.2 Å². The summed E-state index contributed by atoms with van der Waals surface area (Å²) in [5.41, 5.74) is 4.93. The summed E-state index contributed by atoms with van der Waals surface area (Å²) in [7, 11) is 0.666. The highest BCUT2D eigenvalue weighted by Gasteiger charge is 2.15. The van der Waals surface area contributed by atoms with Crippen LogP contribution in [-0.4, -0.2) is 54.7 Å². The van der Waals surface area contributed by atoms with Gasteiger partial charge in [0.15, 0.2) is 0 Å². The number of hydrogen-bond acceptors (Lipinski definition) is 7. The number of carbonyl (C=O) groups is 2. The molecule has 0 spiro atoms. The average molecular weight is 437 g/mol. The fraction of sp³-hybridized carbons (Fsp3) is 0.263. The third-order valence-electron chi connectivity index (χ3n) is 3.93. The molecular weight excluding hydrogens is 414 g/mol. The number of hydrogen-bond donors (Lipinski definition) is 3. The highest BCUT2D eigenvalue weighted by atomic mass is 32.2. The summed E-state index contributed by atoms with van der Waals surface area (Å²) in [4.78, 5) is 24.5. The summed E-state index contributed by atoms with van der Waals surface area (Å²) in [6.07, 6.45) is 0. The first-order valence-electron chi connectivity index (χ1n) is 8.73. The third kappa shape index (κ3) is 6.17. The monoisotopic (exact) mass is 437 g/mol. The molecular formula is C19H23N3O7S. The molecule has 0 aliphatic carbocycles. The Kier molecular flexibility index (Phi) is 8.16. The molecule has 11 heteroatoms. The van der Waals surface area contributed by atoms with E-state index in [0.717, 1.165) is 0 Å². The first-order chi connectivity index (χ1) is 14.3. The van der Waals surface area contributed by atoms with E-state index < -0.39 is 21.8 Å². The Morgan fingerprint density at radius 3 is 1.87 bits per heavy atom. The Balaban J connectivity index is 2.00. The molecule has 0 unspecified atom stereocenters. The number of rotatable bonds is 9. The number of carbonyl (C=O) groups excluding carboxylic acids is 2. The molecule has 0 radical (unpaired) electrons. The van der Waals surface area contributed by atoms with Gasteiger partial charge >= 0.3 is 0 Å². The maximum atomic E-state index is 12.3. The molecule has 2 rings (SSSR count). The minimum absolute atomic E-state index is 0.00247. The molecule has 2 amide bonds. The van der Waals surface area contributed by atoms with Crippen LogP contribution in [0.2, 0.25) is 0 Å². The van der Waals surface area contributed by atoms with Gasteiger partial charge < -0.3 is 14.2 Å². The van der Waals surface area contributed by atoms with Crippen molar-refractivity contribution in [3.8, 4) is 11.5 Å². The van der Waals surface area contributed by atoms with Crippen LogP contribution in [0.4, 0.5) is 0 Å². The van der Waals surface area contributed by atoms with Gasteiger partial charge in [0.1, 0.15) is 11.5 Å². The molecule has 0 fully saturated rings. The van der Waals surface area contributed by atoms with Crippen molar-refractivity contribution >= 4 is 21.8 Å². The normalized spacial score (nSPS) is 10.9. The predicted molar refractivity (Wildman–Crippen MR) is 108 cm³/mol. The highest BCUT2D eigenvalue weighted by Crippen LogP contribution is 2.22. The van der Waals surface area contributed by atoms with Crippen molar-refractivity contribution in [1.82, 2.24) is 15.6 Å². The zero-order valence-electron chi connectivity index (χ0n) is 16.7. The van der Waals surface area contributed by atoms with Crippen LogP contribution in [0.15, 0.2) is 47.4 Å². The molecule has 0 bridgehead atoms. The molecule has 10 nitrogen and oxygen atoms in total. The molecule has 162 valence electrons. The Bertz CT molecular complexity index is 969. The van der Waals surface area contributed by atoms with Crippen molar-refractivity contribution in [2.24, 2.45) is 0 Å². The van der Waals surface area contributed by atoms with E-state index in [2.05, 4.69) is 15.6 Å². The van der Waals surface area contributed by atoms with Gasteiger partial charge in [0.25, 0.3) is 11.8 Å². The van der Waals surface area contributed by atoms with E-state index in [9.17, 15) is 18.0 Å². The summed E-state index contributed by atoms with van der Waals surface area (Å²) in [6.45, 7) is 0.362. The van der Waals surface area contributed by atoms with E-state index in [1.165, 1.54) is 57.7 Å². The van der Waals surface area contributed by atoms with E-state index >= 15 is 0 Å². The minimum Gasteiger partial charge on any atom is -0.497 e. The number of amides is 2. The van der Waals surface area contributed by atoms with Gasteiger partial charge in [0, 0.05) is 30.8 Å². The lowest BCUT2D eigenvalue weighted by atomic mass is 10.2. The topological polar surface area (TPSA) is 132 Å². The quantitative estimate of drug-likeness (QED) is 0.389. The van der Waals surface area contributed by atoms with Gasteiger partial charge in [0.2, 0.25) is 10.0 Å². The predicted octanol–water partition coefficient (Wildman–Crippen LogP) is 0.703. The summed E-state index contributed by atoms with van der Waals surface area (Å²) in [5, 5.41) is 0. The second kappa shape index (κ2) is 10.6. The van der Waals surface area contributed by atoms with Gasteiger partial charge in [-0.15, -0.1) is 0 Å². The highest BCUT2D eigenvalue weighted by molar-refractivity contribution is 7.89. The molecule has 0 atom stereocenters. The SMILES string of the molecule is COCCNS(=O)(=O)c1ccc(C(=O)NNC(=O)c2cc(OC)cc(OC)c2)cc1. The standard InChI is InChI=1S/C19H23N3O7S/c1-27-9-8-20-30(25,26)17-6-4-13(5-7-17)18(23)21-22-19(24)14-10-15(28-2)12-16(11-14)29-3/h4-7,10-12,20H,8-9H2,1-3H3,(H,21,23)(H,22,24). The molecule has 0 saturated heterocycles. The number of benzene rings is 2. The van der Waals surface area contributed by atoms with Crippen LogP contribution in [0.1, 0.15) is 20.7 Å². The van der Waals surface area contributed by atoms with Crippen LogP contribution in [0.5, 0.6) is 11.5 Å². The van der Waals surface area contributed by atoms with E-state index in [1.807, 2.05) is 0 Å². The number of sulfonamides is 1. The van der Waals surface area contributed by atoms with E-state index in [0.29, 0.717) is 11.5 Å². The van der Waals surface area contributed by atoms with Crippen molar-refractivity contribution in [3.63, 3.8) is 0 Å². The van der Waals surface area contributed by atoms with Gasteiger partial charge in [-0.3, -0.25) is 20.4 Å². The van der Waals surface area contributed by atoms with Crippen molar-refractivity contribution in [1.29, 1.82) is 0 Å². The summed E-state index contributed by atoms with van der Waals surface area (Å²) in [6, 6.07) is 9.83. The molecule has 0 aromatic heterocycles. The van der Waals surface area contributed by atoms with Crippen LogP contribution in [-0.2, 0) is 14.8 Å². The summed E-state index contributed by atoms with van der Waals surface area (Å²) >= 11 is 0. The van der Waals surface area contributed by atoms with Crippen molar-refractivity contribution in [2.45, 2.75) is 4.90 Å². The largest absolute Gasteiger partial charge is 0.497 e. The zero-order valence-corrected chi connectivity index (χ0v) is 17.5. The number of ether oxygens (including phenoxy) is 3. The lowest BCUT2D eigenvalue weighted by Crippen LogP contribution is -2.41. The van der Waals surface area contributed by atoms with Gasteiger partial charge in [0.05, 0.1) is 25.7 Å². The molecule has 2 aromatic rings. The average Bonchev–Trinajstić information content (AvgIpc) is 2.76. The fourth-order valence-electron chi connectivity index (χ4n) is 2.34. The first kappa shape index (κ1) is 23.1. The smallest absolute Gasteiger partial charge is 0.269 e. The molecule has 0 saturated carbocycles. The molecule has 0 aliphatic heterocycles. The van der Waals surface area contributed by atoms with Crippen LogP contribution in [0.25, 0.3) is 0 Å². The van der Waals surface area contributed by atoms with Gasteiger partial charge in [-0.05, 0) is 36.4 Å². The Hall–Kier alpha value is -3.15. The molecule has 30 heavy (non-hydrogen) atoms. The Morgan fingerprint density at radius 1 is 0.833 bits per heavy atom. The van der Waals surface area contributed by atoms with Gasteiger partial charge in [-0.2, -0.15) is 0 Å². The Morgan fingerprint density at radius 2 is 1.37 bits per heavy atom. The van der Waals surface area contributed by atoms with E-state index in [1.54, 1.807) is 6.07 Å². The summed E-state index contributed by atoms with van der Waals surface area (Å²) < 4.78 is 41.6. The number of methoxy groups -OCH3 is 3. The third-order valence-corrected chi connectivity index (χ3v) is 5.41. The lowest BCUT2D eigenvalue weighted by molar-refractivity contribution is 0.0846. The fourth-order valence-corrected chi connectivity index (χ4v) is 3.36. The molecule has 0 heterocycles. The number of nitrogens with one attached hydrogen (secondary N) is 3.